The zero-order chi connectivity index (χ0) is 25.5. The summed E-state index contributed by atoms with van der Waals surface area (Å²) in [4.78, 5) is 5.32. The number of aliphatic imine (C=N–C) groups is 1. The van der Waals surface area contributed by atoms with Crippen LogP contribution in [0, 0.1) is 6.92 Å². The van der Waals surface area contributed by atoms with Crippen LogP contribution in [0.15, 0.2) is 113 Å². The summed E-state index contributed by atoms with van der Waals surface area (Å²) in [5, 5.41) is 3.66. The minimum atomic E-state index is 0.798. The highest BCUT2D eigenvalue weighted by Crippen LogP contribution is 2.39. The van der Waals surface area contributed by atoms with E-state index in [9.17, 15) is 0 Å². The van der Waals surface area contributed by atoms with Gasteiger partial charge in [-0.1, -0.05) is 97.1 Å². The van der Waals surface area contributed by atoms with E-state index in [1.54, 1.807) is 0 Å². The average molecular weight is 498 g/mol. The predicted octanol–water partition coefficient (Wildman–Crippen LogP) is 10.0. The van der Waals surface area contributed by atoms with E-state index in [1.165, 1.54) is 20.2 Å². The van der Waals surface area contributed by atoms with Crippen LogP contribution in [0.3, 0.4) is 0 Å². The van der Waals surface area contributed by atoms with Crippen molar-refractivity contribution in [3.05, 3.63) is 132 Å². The molecule has 0 radical (unpaired) electrons. The number of aryl methyl sites for hydroxylation is 1. The van der Waals surface area contributed by atoms with E-state index >= 15 is 0 Å². The van der Waals surface area contributed by atoms with Crippen LogP contribution in [0.4, 0.5) is 0 Å². The molecule has 0 aliphatic heterocycles. The van der Waals surface area contributed by atoms with Crippen molar-refractivity contribution >= 4 is 59.5 Å². The van der Waals surface area contributed by atoms with Gasteiger partial charge < -0.3 is 4.42 Å². The summed E-state index contributed by atoms with van der Waals surface area (Å²) in [6, 6.07) is 31.7. The van der Waals surface area contributed by atoms with Crippen molar-refractivity contribution < 1.29 is 4.42 Å². The van der Waals surface area contributed by atoms with Crippen LogP contribution in [0.5, 0.6) is 0 Å². The van der Waals surface area contributed by atoms with Crippen molar-refractivity contribution in [3.8, 4) is 0 Å². The monoisotopic (exact) mass is 497 g/mol. The molecule has 0 saturated heterocycles. The molecule has 0 N–H and O–H groups in total. The molecular formula is C34H27NOS. The zero-order valence-corrected chi connectivity index (χ0v) is 22.0. The van der Waals surface area contributed by atoms with Crippen LogP contribution in [-0.4, -0.2) is 5.71 Å². The van der Waals surface area contributed by atoms with Gasteiger partial charge in [-0.2, -0.15) is 0 Å². The van der Waals surface area contributed by atoms with E-state index in [0.717, 1.165) is 56.0 Å². The van der Waals surface area contributed by atoms with E-state index in [4.69, 9.17) is 9.41 Å². The second kappa shape index (κ2) is 9.34. The van der Waals surface area contributed by atoms with E-state index < -0.39 is 0 Å². The smallest absolute Gasteiger partial charge is 0.157 e. The van der Waals surface area contributed by atoms with Crippen LogP contribution >= 0.6 is 11.3 Å². The Balaban J connectivity index is 1.58. The fourth-order valence-corrected chi connectivity index (χ4v) is 6.13. The van der Waals surface area contributed by atoms with Gasteiger partial charge >= 0.3 is 0 Å². The number of para-hydroxylation sites is 1. The molecule has 6 rings (SSSR count). The Morgan fingerprint density at radius 2 is 1.49 bits per heavy atom. The van der Waals surface area contributed by atoms with Crippen LogP contribution in [-0.2, 0) is 0 Å². The first-order valence-electron chi connectivity index (χ1n) is 12.5. The summed E-state index contributed by atoms with van der Waals surface area (Å²) in [5.74, 6) is 0.798. The van der Waals surface area contributed by atoms with Crippen molar-refractivity contribution in [1.82, 2.24) is 0 Å². The third kappa shape index (κ3) is 4.02. The molecule has 0 aliphatic carbocycles. The fraction of sp³-hybridized carbons (Fsp3) is 0.0882. The molecular weight excluding hydrogens is 470 g/mol. The lowest BCUT2D eigenvalue weighted by molar-refractivity contribution is 0.602. The van der Waals surface area contributed by atoms with Crippen LogP contribution in [0.1, 0.15) is 41.9 Å². The molecule has 2 heterocycles. The van der Waals surface area contributed by atoms with Crippen molar-refractivity contribution in [1.29, 1.82) is 0 Å². The summed E-state index contributed by atoms with van der Waals surface area (Å²) >= 11 is 1.82. The molecule has 6 aromatic rings. The summed E-state index contributed by atoms with van der Waals surface area (Å²) in [7, 11) is 0. The molecule has 0 amide bonds. The molecule has 4 aromatic carbocycles. The SMILES string of the molecule is C=C(C)c1ccc(C(=N/C(=C\C)c2cccc3c2sc2ccccc23)c2oc3ccccc3c2C)cc1. The first kappa shape index (κ1) is 23.2. The predicted molar refractivity (Wildman–Crippen MR) is 161 cm³/mol. The zero-order valence-electron chi connectivity index (χ0n) is 21.2. The van der Waals surface area contributed by atoms with Gasteiger partial charge in [-0.3, -0.25) is 0 Å². The Kier molecular flexibility index (Phi) is 5.86. The third-order valence-electron chi connectivity index (χ3n) is 6.90. The highest BCUT2D eigenvalue weighted by molar-refractivity contribution is 7.26. The number of furan rings is 1. The van der Waals surface area contributed by atoms with Gasteiger partial charge in [0.25, 0.3) is 0 Å². The van der Waals surface area contributed by atoms with Crippen molar-refractivity contribution in [3.63, 3.8) is 0 Å². The number of rotatable bonds is 5. The van der Waals surface area contributed by atoms with Crippen LogP contribution in [0.2, 0.25) is 0 Å². The lowest BCUT2D eigenvalue weighted by atomic mass is 10.00. The van der Waals surface area contributed by atoms with Crippen molar-refractivity contribution in [2.24, 2.45) is 4.99 Å². The normalized spacial score (nSPS) is 12.6. The Hall–Kier alpha value is -4.21. The number of hydrogen-bond acceptors (Lipinski definition) is 3. The number of thiophene rings is 1. The molecule has 2 aromatic heterocycles. The molecule has 0 atom stereocenters. The van der Waals surface area contributed by atoms with Crippen LogP contribution in [0.25, 0.3) is 42.4 Å². The number of nitrogens with zero attached hydrogens (tertiary/aromatic N) is 1. The van der Waals surface area contributed by atoms with Gasteiger partial charge in [-0.25, -0.2) is 4.99 Å². The van der Waals surface area contributed by atoms with Gasteiger partial charge in [0.05, 0.1) is 5.70 Å². The van der Waals surface area contributed by atoms with Gasteiger partial charge in [0.1, 0.15) is 11.3 Å². The Morgan fingerprint density at radius 3 is 2.22 bits per heavy atom. The standard InChI is InChI=1S/C34H27NOS/c1-5-29(28-14-10-13-27-26-12-7-9-16-31(26)37-34(27)28)35-32(24-19-17-23(18-20-24)21(2)3)33-22(4)25-11-6-8-15-30(25)36-33/h5-20H,2H2,1,3-4H3/b29-5-,35-32?. The minimum absolute atomic E-state index is 0.798. The van der Waals surface area contributed by atoms with Gasteiger partial charge in [0, 0.05) is 42.2 Å². The Labute approximate surface area is 220 Å². The molecule has 3 heteroatoms. The molecule has 2 nitrogen and oxygen atoms in total. The first-order chi connectivity index (χ1) is 18.0. The molecule has 0 saturated carbocycles. The average Bonchev–Trinajstić information content (AvgIpc) is 3.47. The lowest BCUT2D eigenvalue weighted by Crippen LogP contribution is -2.05. The van der Waals surface area contributed by atoms with E-state index in [2.05, 4.69) is 99.3 Å². The molecule has 37 heavy (non-hydrogen) atoms. The molecule has 0 bridgehead atoms. The highest BCUT2D eigenvalue weighted by Gasteiger charge is 2.20. The maximum absolute atomic E-state index is 6.44. The molecule has 0 spiro atoms. The topological polar surface area (TPSA) is 25.5 Å². The number of benzene rings is 4. The van der Waals surface area contributed by atoms with Crippen LogP contribution < -0.4 is 0 Å². The summed E-state index contributed by atoms with van der Waals surface area (Å²) in [6.07, 6.45) is 2.10. The molecule has 0 aliphatic rings. The van der Waals surface area contributed by atoms with Crippen molar-refractivity contribution in [2.45, 2.75) is 20.8 Å². The molecule has 0 unspecified atom stereocenters. The van der Waals surface area contributed by atoms with Gasteiger partial charge in [0.2, 0.25) is 0 Å². The highest BCUT2D eigenvalue weighted by atomic mass is 32.1. The van der Waals surface area contributed by atoms with Gasteiger partial charge in [0.15, 0.2) is 5.76 Å². The fourth-order valence-electron chi connectivity index (χ4n) is 4.91. The van der Waals surface area contributed by atoms with Crippen molar-refractivity contribution in [2.75, 3.05) is 0 Å². The number of fused-ring (bicyclic) bond motifs is 4. The van der Waals surface area contributed by atoms with Gasteiger partial charge in [-0.05, 0) is 38.5 Å². The summed E-state index contributed by atoms with van der Waals surface area (Å²) in [5.41, 5.74) is 8.01. The Bertz CT molecular complexity index is 1860. The van der Waals surface area contributed by atoms with Gasteiger partial charge in [-0.15, -0.1) is 11.3 Å². The largest absolute Gasteiger partial charge is 0.454 e. The third-order valence-corrected chi connectivity index (χ3v) is 8.12. The second-order valence-corrected chi connectivity index (χ2v) is 10.4. The minimum Gasteiger partial charge on any atom is -0.454 e. The first-order valence-corrected chi connectivity index (χ1v) is 13.3. The molecule has 0 fully saturated rings. The Morgan fingerprint density at radius 1 is 0.811 bits per heavy atom. The number of allylic oxidation sites excluding steroid dienone is 2. The summed E-state index contributed by atoms with van der Waals surface area (Å²) < 4.78 is 8.97. The lowest BCUT2D eigenvalue weighted by Gasteiger charge is -2.10. The number of hydrogen-bond donors (Lipinski definition) is 0. The maximum Gasteiger partial charge on any atom is 0.157 e. The van der Waals surface area contributed by atoms with E-state index in [0.29, 0.717) is 0 Å². The molecule has 180 valence electrons. The summed E-state index contributed by atoms with van der Waals surface area (Å²) in [6.45, 7) is 10.3. The van der Waals surface area contributed by atoms with E-state index in [1.807, 2.05) is 36.5 Å². The second-order valence-electron chi connectivity index (χ2n) is 9.32. The maximum atomic E-state index is 6.44. The van der Waals surface area contributed by atoms with E-state index in [-0.39, 0.29) is 0 Å². The quantitative estimate of drug-likeness (QED) is 0.218.